The summed E-state index contributed by atoms with van der Waals surface area (Å²) < 4.78 is 0. The van der Waals surface area contributed by atoms with Gasteiger partial charge >= 0.3 is 0 Å². The van der Waals surface area contributed by atoms with Crippen LogP contribution in [-0.4, -0.2) is 12.6 Å². The van der Waals surface area contributed by atoms with Crippen LogP contribution in [0.1, 0.15) is 23.6 Å². The minimum absolute atomic E-state index is 0.354. The summed E-state index contributed by atoms with van der Waals surface area (Å²) in [4.78, 5) is 0. The highest BCUT2D eigenvalue weighted by Crippen LogP contribution is 2.23. The molecule has 112 valence electrons. The van der Waals surface area contributed by atoms with Gasteiger partial charge in [-0.3, -0.25) is 0 Å². The number of aryl methyl sites for hydroxylation is 1. The lowest BCUT2D eigenvalue weighted by molar-refractivity contribution is 0.520. The second-order valence-corrected chi connectivity index (χ2v) is 6.17. The van der Waals surface area contributed by atoms with Gasteiger partial charge in [-0.1, -0.05) is 54.4 Å². The van der Waals surface area contributed by atoms with E-state index >= 15 is 0 Å². The minimum Gasteiger partial charge on any atom is -0.314 e. The van der Waals surface area contributed by atoms with Crippen molar-refractivity contribution in [3.63, 3.8) is 0 Å². The first kappa shape index (κ1) is 16.4. The van der Waals surface area contributed by atoms with Crippen molar-refractivity contribution in [1.82, 2.24) is 5.32 Å². The number of rotatable bonds is 6. The Morgan fingerprint density at radius 2 is 1.71 bits per heavy atom. The molecule has 1 atom stereocenters. The predicted molar refractivity (Wildman–Crippen MR) is 92.5 cm³/mol. The number of halogens is 2. The molecule has 3 heteroatoms. The largest absolute Gasteiger partial charge is 0.314 e. The monoisotopic (exact) mass is 321 g/mol. The summed E-state index contributed by atoms with van der Waals surface area (Å²) in [6, 6.07) is 14.5. The van der Waals surface area contributed by atoms with Gasteiger partial charge in [0.1, 0.15) is 0 Å². The number of hydrogen-bond donors (Lipinski definition) is 1. The van der Waals surface area contributed by atoms with Gasteiger partial charge in [0.2, 0.25) is 0 Å². The van der Waals surface area contributed by atoms with Crippen molar-refractivity contribution in [2.75, 3.05) is 6.54 Å². The molecule has 0 amide bonds. The minimum atomic E-state index is 0.354. The molecule has 1 N–H and O–H groups in total. The topological polar surface area (TPSA) is 12.0 Å². The molecule has 1 unspecified atom stereocenters. The van der Waals surface area contributed by atoms with E-state index in [2.05, 4.69) is 43.4 Å². The van der Waals surface area contributed by atoms with Crippen LogP contribution in [0.2, 0.25) is 10.0 Å². The maximum Gasteiger partial charge on any atom is 0.0439 e. The van der Waals surface area contributed by atoms with Crippen LogP contribution in [-0.2, 0) is 12.8 Å². The zero-order chi connectivity index (χ0) is 15.2. The van der Waals surface area contributed by atoms with E-state index < -0.39 is 0 Å². The fourth-order valence-corrected chi connectivity index (χ4v) is 2.96. The molecule has 0 aromatic heterocycles. The third-order valence-corrected chi connectivity index (χ3v) is 4.30. The van der Waals surface area contributed by atoms with Gasteiger partial charge in [-0.05, 0) is 61.2 Å². The summed E-state index contributed by atoms with van der Waals surface area (Å²) in [5, 5.41) is 5.07. The van der Waals surface area contributed by atoms with Crippen LogP contribution < -0.4 is 5.32 Å². The Kier molecular flexibility index (Phi) is 6.10. The normalized spacial score (nSPS) is 12.4. The zero-order valence-corrected chi connectivity index (χ0v) is 14.0. The standard InChI is InChI=1S/C18H21Cl2N/c1-3-21-17(11-14-7-5-4-6-13(14)2)12-15-10-16(19)8-9-18(15)20/h4-10,17,21H,3,11-12H2,1-2H3. The Bertz CT molecular complexity index is 596. The summed E-state index contributed by atoms with van der Waals surface area (Å²) >= 11 is 12.4. The van der Waals surface area contributed by atoms with Crippen molar-refractivity contribution in [3.8, 4) is 0 Å². The highest BCUT2D eigenvalue weighted by atomic mass is 35.5. The number of hydrogen-bond acceptors (Lipinski definition) is 1. The highest BCUT2D eigenvalue weighted by molar-refractivity contribution is 6.33. The van der Waals surface area contributed by atoms with Crippen molar-refractivity contribution in [2.45, 2.75) is 32.7 Å². The molecule has 2 aromatic carbocycles. The van der Waals surface area contributed by atoms with Crippen LogP contribution in [0.4, 0.5) is 0 Å². The summed E-state index contributed by atoms with van der Waals surface area (Å²) in [6.07, 6.45) is 1.87. The Morgan fingerprint density at radius 3 is 2.43 bits per heavy atom. The fourth-order valence-electron chi connectivity index (χ4n) is 2.57. The quantitative estimate of drug-likeness (QED) is 0.783. The summed E-state index contributed by atoms with van der Waals surface area (Å²) in [6.45, 7) is 5.23. The lowest BCUT2D eigenvalue weighted by Gasteiger charge is -2.20. The van der Waals surface area contributed by atoms with E-state index in [0.717, 1.165) is 35.0 Å². The van der Waals surface area contributed by atoms with Gasteiger partial charge in [-0.15, -0.1) is 0 Å². The van der Waals surface area contributed by atoms with E-state index in [-0.39, 0.29) is 0 Å². The first-order valence-electron chi connectivity index (χ1n) is 7.32. The number of benzene rings is 2. The van der Waals surface area contributed by atoms with Gasteiger partial charge in [0.25, 0.3) is 0 Å². The predicted octanol–water partition coefficient (Wildman–Crippen LogP) is 5.07. The van der Waals surface area contributed by atoms with Crippen LogP contribution >= 0.6 is 23.2 Å². The summed E-state index contributed by atoms with van der Waals surface area (Å²) in [7, 11) is 0. The van der Waals surface area contributed by atoms with E-state index in [1.165, 1.54) is 11.1 Å². The Hall–Kier alpha value is -1.02. The third-order valence-electron chi connectivity index (χ3n) is 3.69. The molecular formula is C18H21Cl2N. The average molecular weight is 322 g/mol. The van der Waals surface area contributed by atoms with Gasteiger partial charge in [0.15, 0.2) is 0 Å². The van der Waals surface area contributed by atoms with Crippen LogP contribution in [0.25, 0.3) is 0 Å². The third kappa shape index (κ3) is 4.74. The van der Waals surface area contributed by atoms with E-state index in [4.69, 9.17) is 23.2 Å². The molecule has 0 aliphatic rings. The van der Waals surface area contributed by atoms with Crippen molar-refractivity contribution in [3.05, 3.63) is 69.2 Å². The maximum atomic E-state index is 6.29. The molecule has 1 nitrogen and oxygen atoms in total. The van der Waals surface area contributed by atoms with Gasteiger partial charge in [0, 0.05) is 16.1 Å². The SMILES string of the molecule is CCNC(Cc1ccccc1C)Cc1cc(Cl)ccc1Cl. The van der Waals surface area contributed by atoms with Crippen molar-refractivity contribution >= 4 is 23.2 Å². The molecule has 0 spiro atoms. The summed E-state index contributed by atoms with van der Waals surface area (Å²) in [5.41, 5.74) is 3.81. The summed E-state index contributed by atoms with van der Waals surface area (Å²) in [5.74, 6) is 0. The Labute approximate surface area is 137 Å². The first-order valence-corrected chi connectivity index (χ1v) is 8.07. The lowest BCUT2D eigenvalue weighted by atomic mass is 9.96. The van der Waals surface area contributed by atoms with Crippen molar-refractivity contribution in [1.29, 1.82) is 0 Å². The van der Waals surface area contributed by atoms with Crippen LogP contribution in [0.3, 0.4) is 0 Å². The molecule has 0 saturated carbocycles. The molecule has 21 heavy (non-hydrogen) atoms. The second kappa shape index (κ2) is 7.84. The van der Waals surface area contributed by atoms with E-state index in [1.54, 1.807) is 0 Å². The smallest absolute Gasteiger partial charge is 0.0439 e. The van der Waals surface area contributed by atoms with E-state index in [9.17, 15) is 0 Å². The van der Waals surface area contributed by atoms with E-state index in [0.29, 0.717) is 6.04 Å². The molecule has 0 fully saturated rings. The van der Waals surface area contributed by atoms with Crippen LogP contribution in [0, 0.1) is 6.92 Å². The van der Waals surface area contributed by atoms with Gasteiger partial charge < -0.3 is 5.32 Å². The van der Waals surface area contributed by atoms with Gasteiger partial charge in [-0.2, -0.15) is 0 Å². The molecule has 0 saturated heterocycles. The highest BCUT2D eigenvalue weighted by Gasteiger charge is 2.13. The first-order chi connectivity index (χ1) is 10.1. The van der Waals surface area contributed by atoms with Crippen LogP contribution in [0.15, 0.2) is 42.5 Å². The van der Waals surface area contributed by atoms with Crippen molar-refractivity contribution in [2.24, 2.45) is 0 Å². The molecule has 0 heterocycles. The molecular weight excluding hydrogens is 301 g/mol. The number of nitrogens with one attached hydrogen (secondary N) is 1. The van der Waals surface area contributed by atoms with Crippen molar-refractivity contribution < 1.29 is 0 Å². The average Bonchev–Trinajstić information content (AvgIpc) is 2.45. The molecule has 0 aliphatic heterocycles. The lowest BCUT2D eigenvalue weighted by Crippen LogP contribution is -2.33. The van der Waals surface area contributed by atoms with E-state index in [1.807, 2.05) is 18.2 Å². The Morgan fingerprint density at radius 1 is 1.00 bits per heavy atom. The fraction of sp³-hybridized carbons (Fsp3) is 0.333. The molecule has 0 radical (unpaired) electrons. The van der Waals surface area contributed by atoms with Crippen LogP contribution in [0.5, 0.6) is 0 Å². The molecule has 2 rings (SSSR count). The molecule has 0 aliphatic carbocycles. The molecule has 0 bridgehead atoms. The maximum absolute atomic E-state index is 6.29. The second-order valence-electron chi connectivity index (χ2n) is 5.33. The van der Waals surface area contributed by atoms with Gasteiger partial charge in [0.05, 0.1) is 0 Å². The van der Waals surface area contributed by atoms with Gasteiger partial charge in [-0.25, -0.2) is 0 Å². The number of likely N-dealkylation sites (N-methyl/N-ethyl adjacent to an activating group) is 1. The molecule has 2 aromatic rings. The zero-order valence-electron chi connectivity index (χ0n) is 12.5. The Balaban J connectivity index is 2.16.